The number of carbonyl (C=O) groups is 1. The summed E-state index contributed by atoms with van der Waals surface area (Å²) in [5.74, 6) is 0.868. The molecule has 1 saturated carbocycles. The molecule has 1 aromatic rings. The molecular formula is C19H28N2O3. The molecule has 3 rings (SSSR count). The number of amides is 1. The Morgan fingerprint density at radius 3 is 2.54 bits per heavy atom. The SMILES string of the molecule is COc1ccc(C(=O)N(C)[C@@H]2CCC[C@@H]2N2CCC(OC)C2)cc1. The second kappa shape index (κ2) is 7.53. The van der Waals surface area contributed by atoms with Crippen molar-refractivity contribution in [3.05, 3.63) is 29.8 Å². The van der Waals surface area contributed by atoms with Crippen molar-refractivity contribution in [1.82, 2.24) is 9.80 Å². The maximum atomic E-state index is 12.9. The van der Waals surface area contributed by atoms with Gasteiger partial charge in [0.05, 0.1) is 13.2 Å². The smallest absolute Gasteiger partial charge is 0.253 e. The number of benzene rings is 1. The van der Waals surface area contributed by atoms with Crippen LogP contribution in [0.5, 0.6) is 5.75 Å². The van der Waals surface area contributed by atoms with Gasteiger partial charge < -0.3 is 14.4 Å². The zero-order valence-electron chi connectivity index (χ0n) is 14.9. The summed E-state index contributed by atoms with van der Waals surface area (Å²) in [7, 11) is 5.37. The fourth-order valence-electron chi connectivity index (χ4n) is 4.13. The molecule has 0 bridgehead atoms. The van der Waals surface area contributed by atoms with Crippen LogP contribution >= 0.6 is 0 Å². The van der Waals surface area contributed by atoms with Gasteiger partial charge in [0, 0.05) is 44.9 Å². The summed E-state index contributed by atoms with van der Waals surface area (Å²) >= 11 is 0. The van der Waals surface area contributed by atoms with Gasteiger partial charge in [0.15, 0.2) is 0 Å². The van der Waals surface area contributed by atoms with Gasteiger partial charge in [-0.1, -0.05) is 0 Å². The van der Waals surface area contributed by atoms with Crippen molar-refractivity contribution in [2.45, 2.75) is 43.9 Å². The van der Waals surface area contributed by atoms with Crippen molar-refractivity contribution in [3.63, 3.8) is 0 Å². The number of hydrogen-bond donors (Lipinski definition) is 0. The molecular weight excluding hydrogens is 304 g/mol. The fourth-order valence-corrected chi connectivity index (χ4v) is 4.13. The zero-order chi connectivity index (χ0) is 17.1. The first-order chi connectivity index (χ1) is 11.6. The largest absolute Gasteiger partial charge is 0.497 e. The van der Waals surface area contributed by atoms with Crippen molar-refractivity contribution in [2.24, 2.45) is 0 Å². The molecule has 1 amide bonds. The number of rotatable bonds is 5. The number of likely N-dealkylation sites (tertiary alicyclic amines) is 1. The van der Waals surface area contributed by atoms with Gasteiger partial charge >= 0.3 is 0 Å². The van der Waals surface area contributed by atoms with Crippen molar-refractivity contribution < 1.29 is 14.3 Å². The molecule has 5 heteroatoms. The highest BCUT2D eigenvalue weighted by Crippen LogP contribution is 2.31. The van der Waals surface area contributed by atoms with Crippen LogP contribution in [-0.2, 0) is 4.74 Å². The van der Waals surface area contributed by atoms with Crippen molar-refractivity contribution in [3.8, 4) is 5.75 Å². The molecule has 0 spiro atoms. The molecule has 1 saturated heterocycles. The maximum absolute atomic E-state index is 12.9. The molecule has 0 N–H and O–H groups in total. The Kier molecular flexibility index (Phi) is 5.41. The van der Waals surface area contributed by atoms with E-state index in [1.165, 1.54) is 12.8 Å². The van der Waals surface area contributed by atoms with Gasteiger partial charge in [0.1, 0.15) is 5.75 Å². The molecule has 0 radical (unpaired) electrons. The maximum Gasteiger partial charge on any atom is 0.253 e. The van der Waals surface area contributed by atoms with E-state index >= 15 is 0 Å². The lowest BCUT2D eigenvalue weighted by Crippen LogP contribution is -2.49. The third-order valence-corrected chi connectivity index (χ3v) is 5.58. The average molecular weight is 332 g/mol. The first-order valence-electron chi connectivity index (χ1n) is 8.82. The standard InChI is InChI=1S/C19H28N2O3/c1-20(19(22)14-7-9-15(23-2)10-8-14)17-5-4-6-18(17)21-12-11-16(13-21)24-3/h7-10,16-18H,4-6,11-13H2,1-3H3/t16?,17-,18+/m1/s1. The van der Waals surface area contributed by atoms with E-state index in [1.807, 2.05) is 36.2 Å². The average Bonchev–Trinajstić information content (AvgIpc) is 3.29. The Labute approximate surface area is 144 Å². The number of hydrogen-bond acceptors (Lipinski definition) is 4. The van der Waals surface area contributed by atoms with Crippen LogP contribution in [0.1, 0.15) is 36.0 Å². The Bertz CT molecular complexity index is 560. The van der Waals surface area contributed by atoms with E-state index in [2.05, 4.69) is 4.90 Å². The summed E-state index contributed by atoms with van der Waals surface area (Å²) in [5, 5.41) is 0. The van der Waals surface area contributed by atoms with Crippen LogP contribution in [0.2, 0.25) is 0 Å². The molecule has 5 nitrogen and oxygen atoms in total. The van der Waals surface area contributed by atoms with E-state index in [1.54, 1.807) is 14.2 Å². The molecule has 0 aromatic heterocycles. The molecule has 24 heavy (non-hydrogen) atoms. The first-order valence-corrected chi connectivity index (χ1v) is 8.82. The predicted octanol–water partition coefficient (Wildman–Crippen LogP) is 2.41. The highest BCUT2D eigenvalue weighted by Gasteiger charge is 2.39. The van der Waals surface area contributed by atoms with Crippen LogP contribution < -0.4 is 4.74 Å². The fraction of sp³-hybridized carbons (Fsp3) is 0.632. The normalized spacial score (nSPS) is 27.4. The van der Waals surface area contributed by atoms with E-state index in [4.69, 9.17) is 9.47 Å². The van der Waals surface area contributed by atoms with Crippen LogP contribution in [0.4, 0.5) is 0 Å². The van der Waals surface area contributed by atoms with E-state index in [9.17, 15) is 4.79 Å². The lowest BCUT2D eigenvalue weighted by molar-refractivity contribution is 0.0605. The Balaban J connectivity index is 1.68. The minimum Gasteiger partial charge on any atom is -0.497 e. The summed E-state index contributed by atoms with van der Waals surface area (Å²) in [5.41, 5.74) is 0.722. The van der Waals surface area contributed by atoms with Crippen LogP contribution in [-0.4, -0.2) is 68.3 Å². The number of methoxy groups -OCH3 is 2. The molecule has 1 aliphatic heterocycles. The van der Waals surface area contributed by atoms with E-state index in [0.717, 1.165) is 37.2 Å². The van der Waals surface area contributed by atoms with Gasteiger partial charge in [0.25, 0.3) is 5.91 Å². The predicted molar refractivity (Wildman–Crippen MR) is 93.5 cm³/mol. The molecule has 1 heterocycles. The van der Waals surface area contributed by atoms with Gasteiger partial charge in [-0.05, 0) is 49.9 Å². The van der Waals surface area contributed by atoms with Gasteiger partial charge in [-0.3, -0.25) is 9.69 Å². The summed E-state index contributed by atoms with van der Waals surface area (Å²) in [6.45, 7) is 2.06. The van der Waals surface area contributed by atoms with E-state index in [-0.39, 0.29) is 11.9 Å². The second-order valence-corrected chi connectivity index (χ2v) is 6.85. The number of nitrogens with zero attached hydrogens (tertiary/aromatic N) is 2. The van der Waals surface area contributed by atoms with Gasteiger partial charge in [-0.2, -0.15) is 0 Å². The summed E-state index contributed by atoms with van der Waals surface area (Å²) < 4.78 is 10.7. The number of ether oxygens (including phenoxy) is 2. The Morgan fingerprint density at radius 2 is 1.92 bits per heavy atom. The number of likely N-dealkylation sites (N-methyl/N-ethyl adjacent to an activating group) is 1. The van der Waals surface area contributed by atoms with Gasteiger partial charge in [0.2, 0.25) is 0 Å². The summed E-state index contributed by atoms with van der Waals surface area (Å²) in [6, 6.07) is 8.12. The quantitative estimate of drug-likeness (QED) is 0.830. The Morgan fingerprint density at radius 1 is 1.17 bits per heavy atom. The van der Waals surface area contributed by atoms with Gasteiger partial charge in [-0.25, -0.2) is 0 Å². The van der Waals surface area contributed by atoms with E-state index in [0.29, 0.717) is 12.1 Å². The van der Waals surface area contributed by atoms with Crippen LogP contribution in [0.3, 0.4) is 0 Å². The van der Waals surface area contributed by atoms with Gasteiger partial charge in [-0.15, -0.1) is 0 Å². The molecule has 1 unspecified atom stereocenters. The van der Waals surface area contributed by atoms with Crippen LogP contribution in [0.25, 0.3) is 0 Å². The topological polar surface area (TPSA) is 42.0 Å². The molecule has 1 aromatic carbocycles. The monoisotopic (exact) mass is 332 g/mol. The second-order valence-electron chi connectivity index (χ2n) is 6.85. The van der Waals surface area contributed by atoms with Crippen LogP contribution in [0, 0.1) is 0 Å². The minimum absolute atomic E-state index is 0.0945. The Hall–Kier alpha value is -1.59. The zero-order valence-corrected chi connectivity index (χ0v) is 14.9. The minimum atomic E-state index is 0.0945. The first kappa shape index (κ1) is 17.2. The van der Waals surface area contributed by atoms with Crippen molar-refractivity contribution in [2.75, 3.05) is 34.4 Å². The third kappa shape index (κ3) is 3.42. The summed E-state index contributed by atoms with van der Waals surface area (Å²) in [6.07, 6.45) is 4.87. The molecule has 132 valence electrons. The molecule has 2 fully saturated rings. The molecule has 3 atom stereocenters. The molecule has 1 aliphatic carbocycles. The highest BCUT2D eigenvalue weighted by molar-refractivity contribution is 5.94. The lowest BCUT2D eigenvalue weighted by Gasteiger charge is -2.35. The van der Waals surface area contributed by atoms with Crippen molar-refractivity contribution >= 4 is 5.91 Å². The number of carbonyl (C=O) groups excluding carboxylic acids is 1. The van der Waals surface area contributed by atoms with Crippen molar-refractivity contribution in [1.29, 1.82) is 0 Å². The summed E-state index contributed by atoms with van der Waals surface area (Å²) in [4.78, 5) is 17.3. The van der Waals surface area contributed by atoms with Crippen LogP contribution in [0.15, 0.2) is 24.3 Å². The van der Waals surface area contributed by atoms with E-state index < -0.39 is 0 Å². The third-order valence-electron chi connectivity index (χ3n) is 5.58. The highest BCUT2D eigenvalue weighted by atomic mass is 16.5. The lowest BCUT2D eigenvalue weighted by atomic mass is 10.1. The molecule has 2 aliphatic rings.